The van der Waals surface area contributed by atoms with E-state index in [1.807, 2.05) is 0 Å². The molecule has 102 valence electrons. The zero-order valence-electron chi connectivity index (χ0n) is 10.1. The van der Waals surface area contributed by atoms with Crippen molar-refractivity contribution in [2.24, 2.45) is 7.05 Å². The predicted molar refractivity (Wildman–Crippen MR) is 72.4 cm³/mol. The number of aromatic nitrogens is 3. The van der Waals surface area contributed by atoms with Crippen LogP contribution in [0.15, 0.2) is 27.8 Å². The molecule has 0 aliphatic rings. The van der Waals surface area contributed by atoms with Gasteiger partial charge in [-0.25, -0.2) is 4.68 Å². The lowest BCUT2D eigenvalue weighted by molar-refractivity contribution is 0.471. The van der Waals surface area contributed by atoms with E-state index >= 15 is 0 Å². The van der Waals surface area contributed by atoms with Crippen LogP contribution in [-0.2, 0) is 17.1 Å². The summed E-state index contributed by atoms with van der Waals surface area (Å²) < 4.78 is 28.0. The van der Waals surface area contributed by atoms with Crippen LogP contribution in [0.25, 0.3) is 0 Å². The number of hydrogen-bond donors (Lipinski definition) is 2. The minimum Gasteiger partial charge on any atom is -0.508 e. The second kappa shape index (κ2) is 4.82. The highest BCUT2D eigenvalue weighted by molar-refractivity contribution is 9.10. The molecule has 0 fully saturated rings. The van der Waals surface area contributed by atoms with Crippen molar-refractivity contribution < 1.29 is 13.5 Å². The number of hydrogen-bond acceptors (Lipinski definition) is 5. The zero-order valence-corrected chi connectivity index (χ0v) is 12.5. The van der Waals surface area contributed by atoms with Crippen molar-refractivity contribution in [2.75, 3.05) is 4.72 Å². The van der Waals surface area contributed by atoms with E-state index in [0.717, 1.165) is 4.68 Å². The maximum atomic E-state index is 12.2. The number of nitrogens with zero attached hydrogens (tertiary/aromatic N) is 3. The molecule has 0 atom stereocenters. The Hall–Kier alpha value is -1.61. The van der Waals surface area contributed by atoms with Gasteiger partial charge in [-0.15, -0.1) is 5.10 Å². The topological polar surface area (TPSA) is 97.1 Å². The summed E-state index contributed by atoms with van der Waals surface area (Å²) in [6, 6.07) is 4.51. The summed E-state index contributed by atoms with van der Waals surface area (Å²) in [6.07, 6.45) is 0. The molecular formula is C10H11BrN4O3S. The predicted octanol–water partition coefficient (Wildman–Crippen LogP) is 1.39. The third-order valence-corrected chi connectivity index (χ3v) is 4.72. The van der Waals surface area contributed by atoms with Gasteiger partial charge in [0.1, 0.15) is 5.75 Å². The lowest BCUT2D eigenvalue weighted by Gasteiger charge is -2.09. The van der Waals surface area contributed by atoms with Gasteiger partial charge in [0, 0.05) is 13.1 Å². The van der Waals surface area contributed by atoms with Gasteiger partial charge in [-0.2, -0.15) is 8.42 Å². The van der Waals surface area contributed by atoms with Crippen molar-refractivity contribution in [3.05, 3.63) is 28.4 Å². The van der Waals surface area contributed by atoms with Crippen LogP contribution in [0.4, 0.5) is 5.69 Å². The molecule has 2 rings (SSSR count). The van der Waals surface area contributed by atoms with Crippen LogP contribution in [0.1, 0.15) is 5.56 Å². The van der Waals surface area contributed by atoms with Gasteiger partial charge in [-0.05, 0) is 34.5 Å². The lowest BCUT2D eigenvalue weighted by atomic mass is 10.2. The summed E-state index contributed by atoms with van der Waals surface area (Å²) in [4.78, 5) is 0. The average Bonchev–Trinajstić information content (AvgIpc) is 2.64. The first kappa shape index (κ1) is 13.8. The molecule has 1 heterocycles. The van der Waals surface area contributed by atoms with E-state index in [1.165, 1.54) is 13.1 Å². The molecular weight excluding hydrogens is 336 g/mol. The Morgan fingerprint density at radius 3 is 2.63 bits per heavy atom. The molecule has 2 aromatic rings. The van der Waals surface area contributed by atoms with Gasteiger partial charge in [0.25, 0.3) is 10.0 Å². The molecule has 0 radical (unpaired) electrons. The molecule has 7 nitrogen and oxygen atoms in total. The first-order valence-corrected chi connectivity index (χ1v) is 7.46. The molecule has 0 bridgehead atoms. The van der Waals surface area contributed by atoms with Crippen LogP contribution < -0.4 is 4.72 Å². The van der Waals surface area contributed by atoms with Crippen molar-refractivity contribution in [1.29, 1.82) is 0 Å². The maximum absolute atomic E-state index is 12.2. The van der Waals surface area contributed by atoms with Gasteiger partial charge in [0.2, 0.25) is 5.03 Å². The van der Waals surface area contributed by atoms with Crippen LogP contribution in [0.5, 0.6) is 5.75 Å². The highest BCUT2D eigenvalue weighted by Crippen LogP contribution is 2.25. The van der Waals surface area contributed by atoms with Crippen LogP contribution in [-0.4, -0.2) is 28.5 Å². The minimum atomic E-state index is -3.83. The van der Waals surface area contributed by atoms with Gasteiger partial charge >= 0.3 is 0 Å². The quantitative estimate of drug-likeness (QED) is 0.875. The molecule has 1 aromatic carbocycles. The number of halogens is 1. The second-order valence-corrected chi connectivity index (χ2v) is 6.26. The molecule has 0 spiro atoms. The Morgan fingerprint density at radius 2 is 2.11 bits per heavy atom. The Labute approximate surface area is 118 Å². The molecule has 9 heteroatoms. The van der Waals surface area contributed by atoms with E-state index in [-0.39, 0.29) is 21.1 Å². The zero-order chi connectivity index (χ0) is 14.2. The van der Waals surface area contributed by atoms with Crippen molar-refractivity contribution in [2.45, 2.75) is 11.9 Å². The number of benzene rings is 1. The Bertz CT molecular complexity index is 707. The Balaban J connectivity index is 2.39. The third-order valence-electron chi connectivity index (χ3n) is 2.45. The molecule has 0 aliphatic carbocycles. The Kier molecular flexibility index (Phi) is 3.50. The van der Waals surface area contributed by atoms with E-state index in [4.69, 9.17) is 0 Å². The molecule has 2 N–H and O–H groups in total. The standard InChI is InChI=1S/C10H11BrN4O3S/c1-6-3-4-7(5-8(6)16)13-19(17,18)10-9(11)12-14-15(10)2/h3-5,13,16H,1-2H3. The van der Waals surface area contributed by atoms with Crippen molar-refractivity contribution in [3.63, 3.8) is 0 Å². The molecule has 1 aromatic heterocycles. The molecule has 0 amide bonds. The minimum absolute atomic E-state index is 0.0161. The van der Waals surface area contributed by atoms with Gasteiger partial charge in [-0.1, -0.05) is 11.3 Å². The lowest BCUT2D eigenvalue weighted by Crippen LogP contribution is -2.17. The fraction of sp³-hybridized carbons (Fsp3) is 0.200. The number of phenols is 1. The first-order chi connectivity index (χ1) is 8.81. The monoisotopic (exact) mass is 346 g/mol. The summed E-state index contributed by atoms with van der Waals surface area (Å²) in [5.41, 5.74) is 0.919. The van der Waals surface area contributed by atoms with Crippen molar-refractivity contribution >= 4 is 31.6 Å². The van der Waals surface area contributed by atoms with E-state index < -0.39 is 10.0 Å². The second-order valence-electron chi connectivity index (χ2n) is 3.92. The summed E-state index contributed by atoms with van der Waals surface area (Å²) in [6.45, 7) is 1.72. The number of aromatic hydroxyl groups is 1. The molecule has 0 unspecified atom stereocenters. The summed E-state index contributed by atoms with van der Waals surface area (Å²) in [5, 5.41) is 16.7. The highest BCUT2D eigenvalue weighted by atomic mass is 79.9. The smallest absolute Gasteiger partial charge is 0.281 e. The number of nitrogens with one attached hydrogen (secondary N) is 1. The summed E-state index contributed by atoms with van der Waals surface area (Å²) in [5.74, 6) is 0.0161. The number of phenolic OH excluding ortho intramolecular Hbond substituents is 1. The van der Waals surface area contributed by atoms with E-state index in [0.29, 0.717) is 5.56 Å². The number of aryl methyl sites for hydroxylation is 2. The van der Waals surface area contributed by atoms with Crippen LogP contribution in [0.2, 0.25) is 0 Å². The third kappa shape index (κ3) is 2.71. The fourth-order valence-electron chi connectivity index (χ4n) is 1.48. The average molecular weight is 347 g/mol. The normalized spacial score (nSPS) is 11.5. The number of rotatable bonds is 3. The fourth-order valence-corrected chi connectivity index (χ4v) is 3.63. The summed E-state index contributed by atoms with van der Waals surface area (Å²) >= 11 is 3.03. The molecule has 19 heavy (non-hydrogen) atoms. The Morgan fingerprint density at radius 1 is 1.42 bits per heavy atom. The van der Waals surface area contributed by atoms with Crippen molar-refractivity contribution in [3.8, 4) is 5.75 Å². The van der Waals surface area contributed by atoms with E-state index in [9.17, 15) is 13.5 Å². The van der Waals surface area contributed by atoms with Gasteiger partial charge in [0.15, 0.2) is 4.60 Å². The van der Waals surface area contributed by atoms with Crippen LogP contribution >= 0.6 is 15.9 Å². The van der Waals surface area contributed by atoms with Gasteiger partial charge in [0.05, 0.1) is 5.69 Å². The molecule has 0 aliphatic heterocycles. The van der Waals surface area contributed by atoms with Crippen molar-refractivity contribution in [1.82, 2.24) is 15.0 Å². The van der Waals surface area contributed by atoms with E-state index in [2.05, 4.69) is 31.0 Å². The van der Waals surface area contributed by atoms with E-state index in [1.54, 1.807) is 19.1 Å². The maximum Gasteiger partial charge on any atom is 0.281 e. The van der Waals surface area contributed by atoms with Gasteiger partial charge < -0.3 is 5.11 Å². The number of anilines is 1. The summed E-state index contributed by atoms with van der Waals surface area (Å²) in [7, 11) is -2.36. The highest BCUT2D eigenvalue weighted by Gasteiger charge is 2.24. The molecule has 0 saturated carbocycles. The largest absolute Gasteiger partial charge is 0.508 e. The number of sulfonamides is 1. The van der Waals surface area contributed by atoms with Crippen LogP contribution in [0, 0.1) is 6.92 Å². The SMILES string of the molecule is Cc1ccc(NS(=O)(=O)c2c(Br)nnn2C)cc1O. The van der Waals surface area contributed by atoms with Crippen LogP contribution in [0.3, 0.4) is 0 Å². The first-order valence-electron chi connectivity index (χ1n) is 5.19. The van der Waals surface area contributed by atoms with Gasteiger partial charge in [-0.3, -0.25) is 4.72 Å². The molecule has 0 saturated heterocycles.